The SMILES string of the molecule is COCCNc1nc(C)c(-c2cc3cc(CO)ncc3o2)c(N[C@@H]2C[C@H](CO)[C@@H](O)[C@H]2O)n1. The van der Waals surface area contributed by atoms with Crippen LogP contribution in [-0.4, -0.2) is 80.5 Å². The molecular weight excluding hydrogens is 430 g/mol. The van der Waals surface area contributed by atoms with Gasteiger partial charge in [-0.25, -0.2) is 4.98 Å². The molecule has 6 N–H and O–H groups in total. The first-order chi connectivity index (χ1) is 15.9. The molecule has 3 heterocycles. The molecule has 11 heteroatoms. The van der Waals surface area contributed by atoms with E-state index in [4.69, 9.17) is 9.15 Å². The average molecular weight is 460 g/mol. The van der Waals surface area contributed by atoms with Gasteiger partial charge < -0.3 is 40.2 Å². The molecule has 3 aromatic heterocycles. The molecule has 1 saturated carbocycles. The van der Waals surface area contributed by atoms with E-state index >= 15 is 0 Å². The van der Waals surface area contributed by atoms with Crippen molar-refractivity contribution in [3.63, 3.8) is 0 Å². The monoisotopic (exact) mass is 459 g/mol. The largest absolute Gasteiger partial charge is 0.454 e. The molecule has 0 unspecified atom stereocenters. The van der Waals surface area contributed by atoms with Gasteiger partial charge in [0.2, 0.25) is 5.95 Å². The van der Waals surface area contributed by atoms with Gasteiger partial charge in [-0.15, -0.1) is 0 Å². The molecule has 4 rings (SSSR count). The van der Waals surface area contributed by atoms with Crippen LogP contribution in [0.1, 0.15) is 17.8 Å². The Morgan fingerprint density at radius 3 is 2.70 bits per heavy atom. The van der Waals surface area contributed by atoms with Crippen LogP contribution in [0, 0.1) is 12.8 Å². The minimum Gasteiger partial charge on any atom is -0.454 e. The lowest BCUT2D eigenvalue weighted by molar-refractivity contribution is 0.00446. The Bertz CT molecular complexity index is 1110. The Labute approximate surface area is 190 Å². The van der Waals surface area contributed by atoms with Crippen molar-refractivity contribution in [1.82, 2.24) is 15.0 Å². The molecule has 1 aliphatic carbocycles. The highest BCUT2D eigenvalue weighted by molar-refractivity contribution is 5.86. The minimum absolute atomic E-state index is 0.179. The summed E-state index contributed by atoms with van der Waals surface area (Å²) in [6.07, 6.45) is -0.177. The molecular formula is C22H29N5O6. The highest BCUT2D eigenvalue weighted by Crippen LogP contribution is 2.37. The third kappa shape index (κ3) is 4.77. The number of anilines is 2. The summed E-state index contributed by atoms with van der Waals surface area (Å²) in [5, 5.41) is 46.7. The molecule has 178 valence electrons. The molecule has 3 aromatic rings. The van der Waals surface area contributed by atoms with Gasteiger partial charge in [0.25, 0.3) is 0 Å². The first-order valence-corrected chi connectivity index (χ1v) is 10.8. The van der Waals surface area contributed by atoms with Crippen molar-refractivity contribution in [2.24, 2.45) is 5.92 Å². The van der Waals surface area contributed by atoms with Gasteiger partial charge in [-0.2, -0.15) is 4.98 Å². The number of pyridine rings is 1. The number of rotatable bonds is 9. The number of nitrogens with one attached hydrogen (secondary N) is 2. The molecule has 0 radical (unpaired) electrons. The van der Waals surface area contributed by atoms with E-state index in [0.29, 0.717) is 59.6 Å². The third-order valence-corrected chi connectivity index (χ3v) is 5.91. The molecule has 4 atom stereocenters. The molecule has 0 bridgehead atoms. The fourth-order valence-corrected chi connectivity index (χ4v) is 4.14. The van der Waals surface area contributed by atoms with Gasteiger partial charge in [0.1, 0.15) is 17.7 Å². The number of fused-ring (bicyclic) bond motifs is 1. The lowest BCUT2D eigenvalue weighted by Gasteiger charge is -2.21. The first-order valence-electron chi connectivity index (χ1n) is 10.8. The van der Waals surface area contributed by atoms with E-state index < -0.39 is 24.2 Å². The number of methoxy groups -OCH3 is 1. The Hall–Kier alpha value is -2.83. The smallest absolute Gasteiger partial charge is 0.224 e. The molecule has 33 heavy (non-hydrogen) atoms. The summed E-state index contributed by atoms with van der Waals surface area (Å²) < 4.78 is 11.1. The molecule has 0 saturated heterocycles. The number of aliphatic hydroxyl groups excluding tert-OH is 4. The number of hydrogen-bond acceptors (Lipinski definition) is 11. The van der Waals surface area contributed by atoms with Crippen molar-refractivity contribution in [2.45, 2.75) is 38.2 Å². The van der Waals surface area contributed by atoms with Crippen LogP contribution in [0.15, 0.2) is 22.7 Å². The van der Waals surface area contributed by atoms with Gasteiger partial charge in [0, 0.05) is 31.6 Å². The van der Waals surface area contributed by atoms with Crippen LogP contribution in [0.5, 0.6) is 0 Å². The normalized spacial score (nSPS) is 22.7. The summed E-state index contributed by atoms with van der Waals surface area (Å²) in [7, 11) is 1.60. The maximum atomic E-state index is 10.5. The second kappa shape index (κ2) is 9.98. The molecule has 1 aliphatic rings. The zero-order valence-electron chi connectivity index (χ0n) is 18.5. The van der Waals surface area contributed by atoms with Crippen LogP contribution in [-0.2, 0) is 11.3 Å². The van der Waals surface area contributed by atoms with E-state index in [9.17, 15) is 20.4 Å². The van der Waals surface area contributed by atoms with Gasteiger partial charge >= 0.3 is 0 Å². The van der Waals surface area contributed by atoms with E-state index in [2.05, 4.69) is 25.6 Å². The highest BCUT2D eigenvalue weighted by Gasteiger charge is 2.41. The Morgan fingerprint density at radius 2 is 2.00 bits per heavy atom. The van der Waals surface area contributed by atoms with Crippen molar-refractivity contribution >= 4 is 22.7 Å². The molecule has 0 aromatic carbocycles. The minimum atomic E-state index is -1.07. The third-order valence-electron chi connectivity index (χ3n) is 5.91. The number of nitrogens with zero attached hydrogens (tertiary/aromatic N) is 3. The van der Waals surface area contributed by atoms with E-state index in [-0.39, 0.29) is 13.2 Å². The molecule has 1 fully saturated rings. The number of furan rings is 1. The highest BCUT2D eigenvalue weighted by atomic mass is 16.5. The Balaban J connectivity index is 1.74. The van der Waals surface area contributed by atoms with Crippen LogP contribution in [0.2, 0.25) is 0 Å². The van der Waals surface area contributed by atoms with Crippen molar-refractivity contribution in [3.05, 3.63) is 29.7 Å². The van der Waals surface area contributed by atoms with E-state index in [1.54, 1.807) is 19.4 Å². The van der Waals surface area contributed by atoms with E-state index in [1.165, 1.54) is 0 Å². The first kappa shape index (κ1) is 23.3. The number of aryl methyl sites for hydroxylation is 1. The predicted octanol–water partition coefficient (Wildman–Crippen LogP) is 0.658. The quantitative estimate of drug-likeness (QED) is 0.249. The molecule has 0 spiro atoms. The average Bonchev–Trinajstić information content (AvgIpc) is 3.34. The molecule has 11 nitrogen and oxygen atoms in total. The van der Waals surface area contributed by atoms with E-state index in [1.807, 2.05) is 13.0 Å². The topological polar surface area (TPSA) is 166 Å². The van der Waals surface area contributed by atoms with Crippen molar-refractivity contribution < 1.29 is 29.6 Å². The summed E-state index contributed by atoms with van der Waals surface area (Å²) in [5.74, 6) is 0.865. The van der Waals surface area contributed by atoms with E-state index in [0.717, 1.165) is 5.39 Å². The van der Waals surface area contributed by atoms with Crippen LogP contribution < -0.4 is 10.6 Å². The maximum absolute atomic E-state index is 10.5. The summed E-state index contributed by atoms with van der Waals surface area (Å²) in [5.41, 5.74) is 2.31. The summed E-state index contributed by atoms with van der Waals surface area (Å²) in [6.45, 7) is 2.40. The second-order valence-corrected chi connectivity index (χ2v) is 8.17. The number of aliphatic hydroxyl groups is 4. The van der Waals surface area contributed by atoms with Crippen molar-refractivity contribution in [2.75, 3.05) is 37.5 Å². The van der Waals surface area contributed by atoms with Gasteiger partial charge in [0.05, 0.1) is 48.5 Å². The lowest BCUT2D eigenvalue weighted by Crippen LogP contribution is -2.35. The molecule has 0 aliphatic heterocycles. The standard InChI is InChI=1S/C22H29N5O6/c1-11-18(16-7-12-5-14(10-29)24-8-17(12)33-16)21(27-22(25-11)23-3-4-32-2)26-15-6-13(9-28)19(30)20(15)31/h5,7-8,13,15,19-20,28-31H,3-4,6,9-10H2,1-2H3,(H2,23,25,26,27)/t13-,15-,19-,20+/m1/s1. The van der Waals surface area contributed by atoms with Gasteiger partial charge in [-0.3, -0.25) is 4.98 Å². The number of ether oxygens (including phenoxy) is 1. The van der Waals surface area contributed by atoms with Gasteiger partial charge in [0.15, 0.2) is 5.58 Å². The zero-order valence-corrected chi connectivity index (χ0v) is 18.5. The van der Waals surface area contributed by atoms with Crippen molar-refractivity contribution in [3.8, 4) is 11.3 Å². The van der Waals surface area contributed by atoms with Crippen LogP contribution in [0.3, 0.4) is 0 Å². The second-order valence-electron chi connectivity index (χ2n) is 8.17. The lowest BCUT2D eigenvalue weighted by atomic mass is 10.1. The van der Waals surface area contributed by atoms with Crippen LogP contribution in [0.4, 0.5) is 11.8 Å². The molecule has 0 amide bonds. The van der Waals surface area contributed by atoms with Gasteiger partial charge in [-0.05, 0) is 25.5 Å². The summed E-state index contributed by atoms with van der Waals surface area (Å²) in [4.78, 5) is 13.3. The van der Waals surface area contributed by atoms with Crippen LogP contribution >= 0.6 is 0 Å². The number of hydrogen-bond donors (Lipinski definition) is 6. The van der Waals surface area contributed by atoms with Crippen molar-refractivity contribution in [1.29, 1.82) is 0 Å². The number of aromatic nitrogens is 3. The fraction of sp³-hybridized carbons (Fsp3) is 0.500. The predicted molar refractivity (Wildman–Crippen MR) is 121 cm³/mol. The zero-order chi connectivity index (χ0) is 23.5. The summed E-state index contributed by atoms with van der Waals surface area (Å²) >= 11 is 0. The fourth-order valence-electron chi connectivity index (χ4n) is 4.14. The van der Waals surface area contributed by atoms with Crippen LogP contribution in [0.25, 0.3) is 22.3 Å². The summed E-state index contributed by atoms with van der Waals surface area (Å²) in [6, 6.07) is 3.04. The Morgan fingerprint density at radius 1 is 1.18 bits per heavy atom. The maximum Gasteiger partial charge on any atom is 0.224 e. The van der Waals surface area contributed by atoms with Gasteiger partial charge in [-0.1, -0.05) is 0 Å². The Kier molecular flexibility index (Phi) is 7.05.